The molecule has 3 nitrogen and oxygen atoms in total. The summed E-state index contributed by atoms with van der Waals surface area (Å²) < 4.78 is 0. The second-order valence-corrected chi connectivity index (χ2v) is 3.60. The van der Waals surface area contributed by atoms with E-state index in [1.54, 1.807) is 0 Å². The van der Waals surface area contributed by atoms with E-state index in [0.717, 1.165) is 25.7 Å². The number of nitrogens with two attached hydrogens (primary N) is 1. The van der Waals surface area contributed by atoms with E-state index in [-0.39, 0.29) is 5.92 Å². The van der Waals surface area contributed by atoms with Crippen molar-refractivity contribution in [2.24, 2.45) is 11.7 Å². The predicted molar refractivity (Wildman–Crippen MR) is 46.6 cm³/mol. The van der Waals surface area contributed by atoms with Crippen LogP contribution in [0.4, 0.5) is 0 Å². The Balaban J connectivity index is 2.38. The van der Waals surface area contributed by atoms with E-state index in [4.69, 9.17) is 5.73 Å². The normalized spacial score (nSPS) is 24.8. The second kappa shape index (κ2) is 4.58. The number of carbonyl (C=O) groups excluding carboxylic acids is 1. The molecule has 0 aliphatic heterocycles. The molecule has 1 aliphatic carbocycles. The quantitative estimate of drug-likeness (QED) is 0.606. The third-order valence-corrected chi connectivity index (χ3v) is 2.68. The zero-order valence-electron chi connectivity index (χ0n) is 7.28. The highest BCUT2D eigenvalue weighted by Gasteiger charge is 2.25. The minimum Gasteiger partial charge on any atom is -0.391 e. The SMILES string of the molecule is N[C@H](C=O)[C@@H](O)C1CCCCC1. The fraction of sp³-hybridized carbons (Fsp3) is 0.889. The molecule has 0 aromatic carbocycles. The Bertz CT molecular complexity index is 143. The lowest BCUT2D eigenvalue weighted by atomic mass is 9.83. The third kappa shape index (κ3) is 2.29. The highest BCUT2D eigenvalue weighted by Crippen LogP contribution is 2.26. The van der Waals surface area contributed by atoms with Gasteiger partial charge >= 0.3 is 0 Å². The number of aliphatic hydroxyl groups excluding tert-OH is 1. The molecule has 0 bridgehead atoms. The largest absolute Gasteiger partial charge is 0.391 e. The van der Waals surface area contributed by atoms with E-state index in [0.29, 0.717) is 6.29 Å². The lowest BCUT2D eigenvalue weighted by Crippen LogP contribution is -2.41. The monoisotopic (exact) mass is 171 g/mol. The van der Waals surface area contributed by atoms with Crippen molar-refractivity contribution in [2.45, 2.75) is 44.2 Å². The van der Waals surface area contributed by atoms with Gasteiger partial charge in [0.1, 0.15) is 6.29 Å². The van der Waals surface area contributed by atoms with Gasteiger partial charge < -0.3 is 15.6 Å². The number of aldehydes is 1. The first kappa shape index (κ1) is 9.68. The van der Waals surface area contributed by atoms with Gasteiger partial charge in [-0.25, -0.2) is 0 Å². The summed E-state index contributed by atoms with van der Waals surface area (Å²) in [4.78, 5) is 10.3. The maximum Gasteiger partial charge on any atom is 0.139 e. The molecule has 0 unspecified atom stereocenters. The van der Waals surface area contributed by atoms with E-state index < -0.39 is 12.1 Å². The van der Waals surface area contributed by atoms with Crippen LogP contribution in [-0.4, -0.2) is 23.5 Å². The fourth-order valence-electron chi connectivity index (χ4n) is 1.87. The van der Waals surface area contributed by atoms with Crippen LogP contribution < -0.4 is 5.73 Å². The number of aliphatic hydroxyl groups is 1. The smallest absolute Gasteiger partial charge is 0.139 e. The van der Waals surface area contributed by atoms with Crippen molar-refractivity contribution >= 4 is 6.29 Å². The van der Waals surface area contributed by atoms with Crippen LogP contribution in [0.25, 0.3) is 0 Å². The van der Waals surface area contributed by atoms with Crippen LogP contribution in [0.2, 0.25) is 0 Å². The van der Waals surface area contributed by atoms with E-state index in [9.17, 15) is 9.90 Å². The van der Waals surface area contributed by atoms with Crippen LogP contribution in [-0.2, 0) is 4.79 Å². The molecule has 1 aliphatic rings. The molecule has 12 heavy (non-hydrogen) atoms. The molecule has 3 heteroatoms. The molecule has 0 amide bonds. The summed E-state index contributed by atoms with van der Waals surface area (Å²) >= 11 is 0. The molecule has 3 N–H and O–H groups in total. The minimum atomic E-state index is -0.687. The topological polar surface area (TPSA) is 63.3 Å². The summed E-state index contributed by atoms with van der Waals surface area (Å²) in [6.45, 7) is 0. The third-order valence-electron chi connectivity index (χ3n) is 2.68. The molecule has 2 atom stereocenters. The maximum atomic E-state index is 10.3. The van der Waals surface area contributed by atoms with Crippen molar-refractivity contribution < 1.29 is 9.90 Å². The zero-order chi connectivity index (χ0) is 8.97. The average Bonchev–Trinajstić information content (AvgIpc) is 2.17. The van der Waals surface area contributed by atoms with Crippen LogP contribution in [0.15, 0.2) is 0 Å². The van der Waals surface area contributed by atoms with Crippen LogP contribution in [0.1, 0.15) is 32.1 Å². The Morgan fingerprint density at radius 2 is 1.92 bits per heavy atom. The van der Waals surface area contributed by atoms with Crippen LogP contribution in [0, 0.1) is 5.92 Å². The average molecular weight is 171 g/mol. The molecule has 0 spiro atoms. The fourth-order valence-corrected chi connectivity index (χ4v) is 1.87. The summed E-state index contributed by atoms with van der Waals surface area (Å²) in [6, 6.07) is -0.687. The van der Waals surface area contributed by atoms with Gasteiger partial charge in [-0.05, 0) is 18.8 Å². The number of hydrogen-bond donors (Lipinski definition) is 2. The van der Waals surface area contributed by atoms with Gasteiger partial charge in [-0.15, -0.1) is 0 Å². The van der Waals surface area contributed by atoms with E-state index in [1.807, 2.05) is 0 Å². The van der Waals surface area contributed by atoms with Gasteiger partial charge in [0.25, 0.3) is 0 Å². The predicted octanol–water partition coefficient (Wildman–Crippen LogP) is 0.454. The first-order valence-electron chi connectivity index (χ1n) is 4.64. The van der Waals surface area contributed by atoms with Crippen molar-refractivity contribution in [3.63, 3.8) is 0 Å². The minimum absolute atomic E-state index is 0.249. The lowest BCUT2D eigenvalue weighted by Gasteiger charge is -2.27. The van der Waals surface area contributed by atoms with Gasteiger partial charge in [-0.2, -0.15) is 0 Å². The molecule has 0 heterocycles. The van der Waals surface area contributed by atoms with Crippen molar-refractivity contribution in [3.05, 3.63) is 0 Å². The Kier molecular flexibility index (Phi) is 3.69. The van der Waals surface area contributed by atoms with E-state index >= 15 is 0 Å². The van der Waals surface area contributed by atoms with Gasteiger partial charge in [-0.3, -0.25) is 0 Å². The summed E-state index contributed by atoms with van der Waals surface area (Å²) in [7, 11) is 0. The molecule has 0 saturated heterocycles. The molecule has 1 saturated carbocycles. The Hall–Kier alpha value is -0.410. The summed E-state index contributed by atoms with van der Waals surface area (Å²) in [5.74, 6) is 0.249. The molecule has 0 aromatic rings. The van der Waals surface area contributed by atoms with Crippen molar-refractivity contribution in [1.29, 1.82) is 0 Å². The Morgan fingerprint density at radius 3 is 2.42 bits per heavy atom. The number of carbonyl (C=O) groups is 1. The molecule has 70 valence electrons. The summed E-state index contributed by atoms with van der Waals surface area (Å²) in [6.07, 6.45) is 5.62. The summed E-state index contributed by atoms with van der Waals surface area (Å²) in [5.41, 5.74) is 5.43. The highest BCUT2D eigenvalue weighted by molar-refractivity contribution is 5.58. The molecule has 0 radical (unpaired) electrons. The lowest BCUT2D eigenvalue weighted by molar-refractivity contribution is -0.112. The Morgan fingerprint density at radius 1 is 1.33 bits per heavy atom. The number of hydrogen-bond acceptors (Lipinski definition) is 3. The first-order chi connectivity index (χ1) is 5.75. The maximum absolute atomic E-state index is 10.3. The standard InChI is InChI=1S/C9H17NO2/c10-8(6-11)9(12)7-4-2-1-3-5-7/h6-9,12H,1-5,10H2/t8-,9+/m1/s1. The summed E-state index contributed by atoms with van der Waals surface area (Å²) in [5, 5.41) is 9.59. The van der Waals surface area contributed by atoms with Crippen LogP contribution in [0.5, 0.6) is 0 Å². The van der Waals surface area contributed by atoms with Crippen molar-refractivity contribution in [3.8, 4) is 0 Å². The van der Waals surface area contributed by atoms with E-state index in [2.05, 4.69) is 0 Å². The molecule has 1 fully saturated rings. The van der Waals surface area contributed by atoms with Gasteiger partial charge in [0, 0.05) is 0 Å². The molecular weight excluding hydrogens is 154 g/mol. The molecule has 0 aromatic heterocycles. The van der Waals surface area contributed by atoms with Crippen LogP contribution in [0.3, 0.4) is 0 Å². The van der Waals surface area contributed by atoms with Gasteiger partial charge in [0.05, 0.1) is 12.1 Å². The first-order valence-corrected chi connectivity index (χ1v) is 4.64. The van der Waals surface area contributed by atoms with Gasteiger partial charge in [0.15, 0.2) is 0 Å². The Labute approximate surface area is 72.9 Å². The van der Waals surface area contributed by atoms with E-state index in [1.165, 1.54) is 6.42 Å². The zero-order valence-corrected chi connectivity index (χ0v) is 7.28. The second-order valence-electron chi connectivity index (χ2n) is 3.60. The number of rotatable bonds is 3. The molecule has 1 rings (SSSR count). The molecular formula is C9H17NO2. The van der Waals surface area contributed by atoms with Gasteiger partial charge in [0.2, 0.25) is 0 Å². The van der Waals surface area contributed by atoms with Crippen molar-refractivity contribution in [1.82, 2.24) is 0 Å². The van der Waals surface area contributed by atoms with Gasteiger partial charge in [-0.1, -0.05) is 19.3 Å². The highest BCUT2D eigenvalue weighted by atomic mass is 16.3. The van der Waals surface area contributed by atoms with Crippen LogP contribution >= 0.6 is 0 Å². The van der Waals surface area contributed by atoms with Crippen molar-refractivity contribution in [2.75, 3.05) is 0 Å².